The van der Waals surface area contributed by atoms with Crippen LogP contribution in [0.2, 0.25) is 0 Å². The highest BCUT2D eigenvalue weighted by atomic mass is 16.5. The van der Waals surface area contributed by atoms with Gasteiger partial charge in [-0.05, 0) is 49.9 Å². The molecule has 0 bridgehead atoms. The van der Waals surface area contributed by atoms with Crippen LogP contribution in [0.1, 0.15) is 53.9 Å². The van der Waals surface area contributed by atoms with Gasteiger partial charge in [0.15, 0.2) is 6.10 Å². The largest absolute Gasteiger partial charge is 0.449 e. The van der Waals surface area contributed by atoms with E-state index < -0.39 is 12.1 Å². The first-order valence-corrected chi connectivity index (χ1v) is 9.75. The molecule has 0 aliphatic carbocycles. The van der Waals surface area contributed by atoms with Gasteiger partial charge >= 0.3 is 5.97 Å². The van der Waals surface area contributed by atoms with Gasteiger partial charge in [-0.15, -0.1) is 0 Å². The number of ether oxygens (including phenoxy) is 1. The lowest BCUT2D eigenvalue weighted by Gasteiger charge is -2.19. The maximum atomic E-state index is 12.8. The normalized spacial score (nSPS) is 12.1. The molecule has 1 atom stereocenters. The SMILES string of the molecule is Cc1cc(C(=O)O[C@@H](C)C(=O)Nc2c(C)cccc2C(C)C)c2ccccc2n1. The summed E-state index contributed by atoms with van der Waals surface area (Å²) in [6.07, 6.45) is -0.936. The number of rotatable bonds is 5. The molecule has 1 heterocycles. The average Bonchev–Trinajstić information content (AvgIpc) is 2.68. The second kappa shape index (κ2) is 8.43. The van der Waals surface area contributed by atoms with Crippen molar-refractivity contribution in [2.45, 2.75) is 46.6 Å². The molecule has 1 N–H and O–H groups in total. The Morgan fingerprint density at radius 1 is 1.00 bits per heavy atom. The first-order chi connectivity index (χ1) is 13.8. The van der Waals surface area contributed by atoms with Crippen molar-refractivity contribution in [1.29, 1.82) is 0 Å². The number of pyridine rings is 1. The number of benzene rings is 2. The molecular weight excluding hydrogens is 364 g/mol. The van der Waals surface area contributed by atoms with Crippen LogP contribution < -0.4 is 5.32 Å². The van der Waals surface area contributed by atoms with Crippen LogP contribution in [0.25, 0.3) is 10.9 Å². The number of hydrogen-bond donors (Lipinski definition) is 1. The molecule has 0 aliphatic heterocycles. The van der Waals surface area contributed by atoms with Gasteiger partial charge in [-0.25, -0.2) is 4.79 Å². The molecule has 0 aliphatic rings. The Morgan fingerprint density at radius 3 is 2.45 bits per heavy atom. The lowest BCUT2D eigenvalue weighted by Crippen LogP contribution is -2.30. The Bertz CT molecular complexity index is 1070. The van der Waals surface area contributed by atoms with E-state index in [1.54, 1.807) is 13.0 Å². The molecule has 150 valence electrons. The highest BCUT2D eigenvalue weighted by Gasteiger charge is 2.22. The Labute approximate surface area is 171 Å². The van der Waals surface area contributed by atoms with Crippen LogP contribution in [0, 0.1) is 13.8 Å². The Balaban J connectivity index is 1.80. The van der Waals surface area contributed by atoms with E-state index in [-0.39, 0.29) is 11.8 Å². The van der Waals surface area contributed by atoms with Gasteiger partial charge in [-0.1, -0.05) is 50.2 Å². The summed E-state index contributed by atoms with van der Waals surface area (Å²) in [5, 5.41) is 3.64. The number of fused-ring (bicyclic) bond motifs is 1. The molecule has 3 rings (SSSR count). The van der Waals surface area contributed by atoms with Crippen molar-refractivity contribution in [3.05, 3.63) is 70.9 Å². The molecular formula is C24H26N2O3. The van der Waals surface area contributed by atoms with Crippen molar-refractivity contribution in [3.63, 3.8) is 0 Å². The zero-order chi connectivity index (χ0) is 21.1. The Morgan fingerprint density at radius 2 is 1.72 bits per heavy atom. The van der Waals surface area contributed by atoms with E-state index in [0.29, 0.717) is 16.6 Å². The van der Waals surface area contributed by atoms with Crippen LogP contribution in [0.3, 0.4) is 0 Å². The van der Waals surface area contributed by atoms with Crippen LogP contribution >= 0.6 is 0 Å². The molecule has 2 aromatic carbocycles. The number of hydrogen-bond acceptors (Lipinski definition) is 4. The third kappa shape index (κ3) is 4.45. The van der Waals surface area contributed by atoms with E-state index in [1.165, 1.54) is 0 Å². The summed E-state index contributed by atoms with van der Waals surface area (Å²) < 4.78 is 5.49. The molecule has 1 aromatic heterocycles. The van der Waals surface area contributed by atoms with Crippen molar-refractivity contribution in [2.75, 3.05) is 5.32 Å². The number of aryl methyl sites for hydroxylation is 2. The number of aromatic nitrogens is 1. The van der Waals surface area contributed by atoms with Crippen LogP contribution in [0.15, 0.2) is 48.5 Å². The molecule has 0 fully saturated rings. The fourth-order valence-corrected chi connectivity index (χ4v) is 3.32. The summed E-state index contributed by atoms with van der Waals surface area (Å²) >= 11 is 0. The monoisotopic (exact) mass is 390 g/mol. The van der Waals surface area contributed by atoms with Crippen molar-refractivity contribution in [2.24, 2.45) is 0 Å². The molecule has 0 unspecified atom stereocenters. The van der Waals surface area contributed by atoms with Gasteiger partial charge in [-0.2, -0.15) is 0 Å². The number of carbonyl (C=O) groups is 2. The summed E-state index contributed by atoms with van der Waals surface area (Å²) in [5.41, 5.74) is 4.64. The predicted molar refractivity (Wildman–Crippen MR) is 115 cm³/mol. The van der Waals surface area contributed by atoms with Crippen LogP contribution in [0.4, 0.5) is 5.69 Å². The topological polar surface area (TPSA) is 68.3 Å². The van der Waals surface area contributed by atoms with Crippen LogP contribution in [-0.2, 0) is 9.53 Å². The molecule has 5 heteroatoms. The fraction of sp³-hybridized carbons (Fsp3) is 0.292. The van der Waals surface area contributed by atoms with Crippen molar-refractivity contribution >= 4 is 28.5 Å². The summed E-state index contributed by atoms with van der Waals surface area (Å²) in [6.45, 7) is 9.50. The van der Waals surface area contributed by atoms with E-state index in [1.807, 2.05) is 56.3 Å². The minimum absolute atomic E-state index is 0.259. The molecule has 3 aromatic rings. The molecule has 0 saturated heterocycles. The van der Waals surface area contributed by atoms with Crippen LogP contribution in [-0.4, -0.2) is 23.0 Å². The second-order valence-corrected chi connectivity index (χ2v) is 7.56. The van der Waals surface area contributed by atoms with E-state index >= 15 is 0 Å². The van der Waals surface area contributed by atoms with Gasteiger partial charge < -0.3 is 10.1 Å². The number of amides is 1. The van der Waals surface area contributed by atoms with Crippen LogP contribution in [0.5, 0.6) is 0 Å². The zero-order valence-electron chi connectivity index (χ0n) is 17.4. The van der Waals surface area contributed by atoms with Gasteiger partial charge in [0.05, 0.1) is 11.1 Å². The number of para-hydroxylation sites is 2. The van der Waals surface area contributed by atoms with Crippen molar-refractivity contribution in [1.82, 2.24) is 4.98 Å². The molecule has 0 spiro atoms. The Kier molecular flexibility index (Phi) is 5.97. The first kappa shape index (κ1) is 20.5. The number of anilines is 1. The lowest BCUT2D eigenvalue weighted by molar-refractivity contribution is -0.123. The number of carbonyl (C=O) groups excluding carboxylic acids is 2. The second-order valence-electron chi connectivity index (χ2n) is 7.56. The molecule has 0 radical (unpaired) electrons. The molecule has 5 nitrogen and oxygen atoms in total. The number of nitrogens with zero attached hydrogens (tertiary/aromatic N) is 1. The third-order valence-electron chi connectivity index (χ3n) is 4.89. The molecule has 0 saturated carbocycles. The predicted octanol–water partition coefficient (Wildman–Crippen LogP) is 5.16. The lowest BCUT2D eigenvalue weighted by atomic mass is 9.98. The quantitative estimate of drug-likeness (QED) is 0.611. The van der Waals surface area contributed by atoms with E-state index in [4.69, 9.17) is 4.74 Å². The van der Waals surface area contributed by atoms with Gasteiger partial charge in [-0.3, -0.25) is 9.78 Å². The number of esters is 1. The minimum Gasteiger partial charge on any atom is -0.449 e. The Hall–Kier alpha value is -3.21. The zero-order valence-corrected chi connectivity index (χ0v) is 17.4. The summed E-state index contributed by atoms with van der Waals surface area (Å²) in [4.78, 5) is 30.0. The maximum absolute atomic E-state index is 12.8. The molecule has 1 amide bonds. The summed E-state index contributed by atoms with van der Waals surface area (Å²) in [7, 11) is 0. The van der Waals surface area contributed by atoms with Crippen molar-refractivity contribution < 1.29 is 14.3 Å². The average molecular weight is 390 g/mol. The number of nitrogens with one attached hydrogen (secondary N) is 1. The minimum atomic E-state index is -0.936. The standard InChI is InChI=1S/C24H26N2O3/c1-14(2)18-11-8-9-15(3)22(18)26-23(27)17(5)29-24(28)20-13-16(4)25-21-12-7-6-10-19(20)21/h6-14,17H,1-5H3,(H,26,27)/t17-/m0/s1. The smallest absolute Gasteiger partial charge is 0.339 e. The third-order valence-corrected chi connectivity index (χ3v) is 4.89. The van der Waals surface area contributed by atoms with E-state index in [2.05, 4.69) is 24.1 Å². The fourth-order valence-electron chi connectivity index (χ4n) is 3.32. The van der Waals surface area contributed by atoms with E-state index in [9.17, 15) is 9.59 Å². The highest BCUT2D eigenvalue weighted by Crippen LogP contribution is 2.28. The molecule has 29 heavy (non-hydrogen) atoms. The van der Waals surface area contributed by atoms with Gasteiger partial charge in [0, 0.05) is 16.8 Å². The van der Waals surface area contributed by atoms with Crippen molar-refractivity contribution in [3.8, 4) is 0 Å². The van der Waals surface area contributed by atoms with Gasteiger partial charge in [0.25, 0.3) is 5.91 Å². The summed E-state index contributed by atoms with van der Waals surface area (Å²) in [5.74, 6) is -0.637. The maximum Gasteiger partial charge on any atom is 0.339 e. The summed E-state index contributed by atoms with van der Waals surface area (Å²) in [6, 6.07) is 15.0. The highest BCUT2D eigenvalue weighted by molar-refractivity contribution is 6.05. The van der Waals surface area contributed by atoms with Gasteiger partial charge in [0.2, 0.25) is 0 Å². The first-order valence-electron chi connectivity index (χ1n) is 9.75. The van der Waals surface area contributed by atoms with Gasteiger partial charge in [0.1, 0.15) is 0 Å². The van der Waals surface area contributed by atoms with E-state index in [0.717, 1.165) is 22.3 Å².